The summed E-state index contributed by atoms with van der Waals surface area (Å²) in [6.45, 7) is 4.40. The molecule has 1 atom stereocenters. The van der Waals surface area contributed by atoms with Crippen molar-refractivity contribution in [1.82, 2.24) is 10.2 Å². The summed E-state index contributed by atoms with van der Waals surface area (Å²) < 4.78 is 5.65. The topological polar surface area (TPSA) is 44.8 Å². The van der Waals surface area contributed by atoms with Crippen LogP contribution in [0.2, 0.25) is 5.02 Å². The third-order valence-corrected chi connectivity index (χ3v) is 4.81. The summed E-state index contributed by atoms with van der Waals surface area (Å²) in [5.74, 6) is 1.56. The number of fused-ring (bicyclic) bond motifs is 1. The molecule has 2 aliphatic rings. The number of piperidine rings is 1. The zero-order valence-electron chi connectivity index (χ0n) is 13.6. The van der Waals surface area contributed by atoms with Gasteiger partial charge in [-0.25, -0.2) is 0 Å². The van der Waals surface area contributed by atoms with Gasteiger partial charge in [0.2, 0.25) is 5.91 Å². The monoisotopic (exact) mass is 337 g/mol. The van der Waals surface area contributed by atoms with Gasteiger partial charge in [-0.2, -0.15) is 0 Å². The summed E-state index contributed by atoms with van der Waals surface area (Å²) in [5.41, 5.74) is 0.917. The van der Waals surface area contributed by atoms with E-state index in [1.165, 1.54) is 6.42 Å². The van der Waals surface area contributed by atoms with Crippen LogP contribution in [0.3, 0.4) is 0 Å². The highest BCUT2D eigenvalue weighted by atomic mass is 35.5. The number of nitrogens with zero attached hydrogens (tertiary/aromatic N) is 2. The average Bonchev–Trinajstić information content (AvgIpc) is 2.56. The van der Waals surface area contributed by atoms with E-state index in [0.717, 1.165) is 37.5 Å². The molecule has 1 unspecified atom stereocenters. The van der Waals surface area contributed by atoms with E-state index in [-0.39, 0.29) is 5.91 Å². The summed E-state index contributed by atoms with van der Waals surface area (Å²) in [5, 5.41) is 3.88. The number of ether oxygens (including phenoxy) is 1. The van der Waals surface area contributed by atoms with E-state index >= 15 is 0 Å². The standard InChI is InChI=1S/C17H24ClN3O2/c1-19-10-13-3-2-6-21(11-13)17(22)12-20-7-8-23-16-5-4-14(18)9-15(16)20/h4-5,9,13,19H,2-3,6-8,10-12H2,1H3. The average molecular weight is 338 g/mol. The van der Waals surface area contributed by atoms with Crippen LogP contribution in [-0.4, -0.2) is 57.2 Å². The van der Waals surface area contributed by atoms with Gasteiger partial charge in [0.15, 0.2) is 0 Å². The van der Waals surface area contributed by atoms with Crippen molar-refractivity contribution < 1.29 is 9.53 Å². The number of nitrogens with one attached hydrogen (secondary N) is 1. The Kier molecular flexibility index (Phi) is 5.28. The SMILES string of the molecule is CNCC1CCCN(C(=O)CN2CCOc3ccc(Cl)cc32)C1. The number of rotatable bonds is 4. The minimum Gasteiger partial charge on any atom is -0.490 e. The zero-order valence-corrected chi connectivity index (χ0v) is 14.3. The maximum absolute atomic E-state index is 12.7. The Bertz CT molecular complexity index is 565. The van der Waals surface area contributed by atoms with Crippen LogP contribution in [0.25, 0.3) is 0 Å². The maximum atomic E-state index is 12.7. The van der Waals surface area contributed by atoms with Crippen LogP contribution in [0.15, 0.2) is 18.2 Å². The van der Waals surface area contributed by atoms with E-state index in [4.69, 9.17) is 16.3 Å². The molecule has 3 rings (SSSR count). The number of likely N-dealkylation sites (tertiary alicyclic amines) is 1. The lowest BCUT2D eigenvalue weighted by Gasteiger charge is -2.36. The van der Waals surface area contributed by atoms with E-state index in [1.807, 2.05) is 30.1 Å². The van der Waals surface area contributed by atoms with Crippen molar-refractivity contribution in [1.29, 1.82) is 0 Å². The molecule has 126 valence electrons. The third kappa shape index (κ3) is 3.90. The molecule has 6 heteroatoms. The fourth-order valence-electron chi connectivity index (χ4n) is 3.42. The molecule has 1 amide bonds. The smallest absolute Gasteiger partial charge is 0.242 e. The number of benzene rings is 1. The Morgan fingerprint density at radius 1 is 1.43 bits per heavy atom. The second kappa shape index (κ2) is 7.41. The normalized spacial score (nSPS) is 20.9. The summed E-state index contributed by atoms with van der Waals surface area (Å²) in [7, 11) is 1.97. The first-order valence-electron chi connectivity index (χ1n) is 8.27. The van der Waals surface area contributed by atoms with E-state index in [9.17, 15) is 4.79 Å². The number of amides is 1. The summed E-state index contributed by atoms with van der Waals surface area (Å²) in [6, 6.07) is 5.57. The van der Waals surface area contributed by atoms with E-state index in [1.54, 1.807) is 0 Å². The minimum absolute atomic E-state index is 0.193. The van der Waals surface area contributed by atoms with E-state index in [2.05, 4.69) is 10.2 Å². The van der Waals surface area contributed by atoms with Gasteiger partial charge in [0.1, 0.15) is 12.4 Å². The summed E-state index contributed by atoms with van der Waals surface area (Å²) in [4.78, 5) is 16.8. The first-order valence-corrected chi connectivity index (χ1v) is 8.65. The van der Waals surface area contributed by atoms with Crippen LogP contribution in [-0.2, 0) is 4.79 Å². The highest BCUT2D eigenvalue weighted by Crippen LogP contribution is 2.34. The summed E-state index contributed by atoms with van der Waals surface area (Å²) >= 11 is 6.10. The molecular formula is C17H24ClN3O2. The lowest BCUT2D eigenvalue weighted by Crippen LogP contribution is -2.48. The molecule has 0 spiro atoms. The number of halogens is 1. The van der Waals surface area contributed by atoms with Gasteiger partial charge >= 0.3 is 0 Å². The Morgan fingerprint density at radius 2 is 2.30 bits per heavy atom. The number of anilines is 1. The number of carbonyl (C=O) groups excluding carboxylic acids is 1. The lowest BCUT2D eigenvalue weighted by molar-refractivity contribution is -0.131. The molecule has 23 heavy (non-hydrogen) atoms. The Balaban J connectivity index is 1.66. The van der Waals surface area contributed by atoms with E-state index < -0.39 is 0 Å². The van der Waals surface area contributed by atoms with Crippen LogP contribution in [0.4, 0.5) is 5.69 Å². The molecule has 1 aromatic rings. The molecule has 0 aromatic heterocycles. The van der Waals surface area contributed by atoms with Gasteiger partial charge in [0.25, 0.3) is 0 Å². The minimum atomic E-state index is 0.193. The van der Waals surface area contributed by atoms with Crippen molar-refractivity contribution in [3.63, 3.8) is 0 Å². The van der Waals surface area contributed by atoms with Gasteiger partial charge in [-0.15, -0.1) is 0 Å². The van der Waals surface area contributed by atoms with Crippen molar-refractivity contribution in [2.45, 2.75) is 12.8 Å². The molecule has 0 saturated carbocycles. The van der Waals surface area contributed by atoms with Crippen LogP contribution < -0.4 is 15.0 Å². The quantitative estimate of drug-likeness (QED) is 0.912. The highest BCUT2D eigenvalue weighted by Gasteiger charge is 2.26. The third-order valence-electron chi connectivity index (χ3n) is 4.57. The molecule has 1 fully saturated rings. The van der Waals surface area contributed by atoms with Gasteiger partial charge in [0, 0.05) is 18.1 Å². The molecule has 1 aromatic carbocycles. The van der Waals surface area contributed by atoms with Gasteiger partial charge < -0.3 is 19.9 Å². The highest BCUT2D eigenvalue weighted by molar-refractivity contribution is 6.31. The Hall–Kier alpha value is -1.46. The second-order valence-electron chi connectivity index (χ2n) is 6.29. The van der Waals surface area contributed by atoms with Crippen molar-refractivity contribution in [2.24, 2.45) is 5.92 Å². The molecule has 0 bridgehead atoms. The fraction of sp³-hybridized carbons (Fsp3) is 0.588. The lowest BCUT2D eigenvalue weighted by atomic mass is 9.98. The van der Waals surface area contributed by atoms with E-state index in [0.29, 0.717) is 30.6 Å². The zero-order chi connectivity index (χ0) is 16.2. The first kappa shape index (κ1) is 16.4. The number of hydrogen-bond acceptors (Lipinski definition) is 4. The van der Waals surface area contributed by atoms with Crippen LogP contribution in [0, 0.1) is 5.92 Å². The number of hydrogen-bond donors (Lipinski definition) is 1. The molecule has 0 aliphatic carbocycles. The molecule has 1 N–H and O–H groups in total. The van der Waals surface area contributed by atoms with Crippen LogP contribution in [0.1, 0.15) is 12.8 Å². The van der Waals surface area contributed by atoms with Crippen molar-refractivity contribution in [2.75, 3.05) is 51.3 Å². The van der Waals surface area contributed by atoms with Crippen LogP contribution >= 0.6 is 11.6 Å². The first-order chi connectivity index (χ1) is 11.2. The predicted octanol–water partition coefficient (Wildman–Crippen LogP) is 2.00. The maximum Gasteiger partial charge on any atom is 0.242 e. The summed E-state index contributed by atoms with van der Waals surface area (Å²) in [6.07, 6.45) is 2.28. The predicted molar refractivity (Wildman–Crippen MR) is 92.4 cm³/mol. The molecule has 0 radical (unpaired) electrons. The van der Waals surface area contributed by atoms with Crippen molar-refractivity contribution in [3.05, 3.63) is 23.2 Å². The second-order valence-corrected chi connectivity index (χ2v) is 6.72. The molecule has 2 aliphatic heterocycles. The van der Waals surface area contributed by atoms with Crippen LogP contribution in [0.5, 0.6) is 5.75 Å². The largest absolute Gasteiger partial charge is 0.490 e. The molecule has 5 nitrogen and oxygen atoms in total. The van der Waals surface area contributed by atoms with Gasteiger partial charge in [-0.05, 0) is 50.6 Å². The molecular weight excluding hydrogens is 314 g/mol. The fourth-order valence-corrected chi connectivity index (χ4v) is 3.59. The van der Waals surface area contributed by atoms with Crippen molar-refractivity contribution >= 4 is 23.2 Å². The molecule has 1 saturated heterocycles. The number of carbonyl (C=O) groups is 1. The Morgan fingerprint density at radius 3 is 3.13 bits per heavy atom. The van der Waals surface area contributed by atoms with Crippen molar-refractivity contribution in [3.8, 4) is 5.75 Å². The van der Waals surface area contributed by atoms with Gasteiger partial charge in [-0.1, -0.05) is 11.6 Å². The molecule has 2 heterocycles. The van der Waals surface area contributed by atoms with Gasteiger partial charge in [0.05, 0.1) is 18.8 Å². The van der Waals surface area contributed by atoms with Gasteiger partial charge in [-0.3, -0.25) is 4.79 Å². The Labute approximate surface area is 142 Å².